The zero-order valence-electron chi connectivity index (χ0n) is 20.1. The van der Waals surface area contributed by atoms with Crippen LogP contribution in [0.5, 0.6) is 0 Å². The van der Waals surface area contributed by atoms with E-state index in [1.165, 1.54) is 20.2 Å². The molecule has 6 heteroatoms. The van der Waals surface area contributed by atoms with Gasteiger partial charge in [0.2, 0.25) is 0 Å². The van der Waals surface area contributed by atoms with Crippen LogP contribution in [0, 0.1) is 0 Å². The van der Waals surface area contributed by atoms with Gasteiger partial charge in [0.05, 0.1) is 45.0 Å². The van der Waals surface area contributed by atoms with Crippen LogP contribution in [0.3, 0.4) is 0 Å². The largest absolute Gasteiger partial charge is 0.307 e. The maximum absolute atomic E-state index is 4.99. The third-order valence-corrected chi connectivity index (χ3v) is 8.08. The van der Waals surface area contributed by atoms with Gasteiger partial charge in [-0.1, -0.05) is 30.3 Å². The first-order valence-electron chi connectivity index (χ1n) is 12.4. The molecule has 0 amide bonds. The molecule has 5 nitrogen and oxygen atoms in total. The number of fused-ring (bicyclic) bond motifs is 7. The van der Waals surface area contributed by atoms with Gasteiger partial charge in [-0.2, -0.15) is 0 Å². The van der Waals surface area contributed by atoms with Gasteiger partial charge in [-0.15, -0.1) is 11.3 Å². The minimum Gasteiger partial charge on any atom is -0.307 e. The third-order valence-electron chi connectivity index (χ3n) is 6.95. The molecular formula is C32H19N5S. The second-order valence-electron chi connectivity index (χ2n) is 9.17. The molecule has 0 radical (unpaired) electrons. The molecule has 8 rings (SSSR count). The van der Waals surface area contributed by atoms with E-state index >= 15 is 0 Å². The maximum atomic E-state index is 4.99. The van der Waals surface area contributed by atoms with Gasteiger partial charge in [-0.05, 0) is 66.7 Å². The molecule has 0 unspecified atom stereocenters. The number of rotatable bonds is 3. The van der Waals surface area contributed by atoms with Crippen LogP contribution in [-0.2, 0) is 0 Å². The molecule has 0 saturated heterocycles. The molecule has 0 bridgehead atoms. The Bertz CT molecular complexity index is 2070. The first-order valence-corrected chi connectivity index (χ1v) is 13.2. The highest BCUT2D eigenvalue weighted by molar-refractivity contribution is 7.26. The number of hydrogen-bond acceptors (Lipinski definition) is 5. The fourth-order valence-corrected chi connectivity index (χ4v) is 6.44. The van der Waals surface area contributed by atoms with Crippen LogP contribution in [0.1, 0.15) is 0 Å². The quantitative estimate of drug-likeness (QED) is 0.244. The van der Waals surface area contributed by atoms with Crippen molar-refractivity contribution in [2.75, 3.05) is 0 Å². The van der Waals surface area contributed by atoms with Crippen molar-refractivity contribution >= 4 is 53.4 Å². The van der Waals surface area contributed by atoms with Crippen LogP contribution in [0.2, 0.25) is 0 Å². The van der Waals surface area contributed by atoms with E-state index in [9.17, 15) is 0 Å². The molecule has 0 spiro atoms. The van der Waals surface area contributed by atoms with Crippen molar-refractivity contribution < 1.29 is 0 Å². The van der Waals surface area contributed by atoms with Crippen molar-refractivity contribution in [1.82, 2.24) is 24.5 Å². The molecule has 38 heavy (non-hydrogen) atoms. The Morgan fingerprint density at radius 3 is 2.00 bits per heavy atom. The minimum absolute atomic E-state index is 0.796. The molecular weight excluding hydrogens is 486 g/mol. The van der Waals surface area contributed by atoms with Crippen molar-refractivity contribution in [2.24, 2.45) is 0 Å². The van der Waals surface area contributed by atoms with E-state index in [1.54, 1.807) is 12.4 Å². The summed E-state index contributed by atoms with van der Waals surface area (Å²) >= 11 is 1.82. The predicted octanol–water partition coefficient (Wildman–Crippen LogP) is 8.07. The van der Waals surface area contributed by atoms with Gasteiger partial charge >= 0.3 is 0 Å². The lowest BCUT2D eigenvalue weighted by molar-refractivity contribution is 1.14. The van der Waals surface area contributed by atoms with Crippen LogP contribution < -0.4 is 0 Å². The Kier molecular flexibility index (Phi) is 4.62. The van der Waals surface area contributed by atoms with E-state index in [1.807, 2.05) is 60.0 Å². The van der Waals surface area contributed by atoms with Crippen molar-refractivity contribution in [1.29, 1.82) is 0 Å². The smallest absolute Gasteiger partial charge is 0.0963 e. The van der Waals surface area contributed by atoms with Gasteiger partial charge < -0.3 is 4.57 Å². The third kappa shape index (κ3) is 3.17. The molecule has 0 aliphatic rings. The summed E-state index contributed by atoms with van der Waals surface area (Å²) in [6.07, 6.45) is 5.47. The molecule has 0 aliphatic heterocycles. The van der Waals surface area contributed by atoms with Gasteiger partial charge in [-0.3, -0.25) is 15.0 Å². The maximum Gasteiger partial charge on any atom is 0.0963 e. The standard InChI is InChI=1S/C32H19N5S/c1-2-12-28-21(8-1)30-29(38-28)14-13-22-31-27(11-7-17-35-31)37(32(22)30)20-18-25(23-9-3-5-15-33-23)36-26(19-20)24-10-4-6-16-34-24/h1-19H. The molecule has 0 N–H and O–H groups in total. The summed E-state index contributed by atoms with van der Waals surface area (Å²) in [5, 5.41) is 3.63. The average Bonchev–Trinajstić information content (AvgIpc) is 3.53. The number of aromatic nitrogens is 5. The van der Waals surface area contributed by atoms with E-state index in [0.717, 1.165) is 50.4 Å². The molecule has 0 atom stereocenters. The van der Waals surface area contributed by atoms with E-state index in [-0.39, 0.29) is 0 Å². The van der Waals surface area contributed by atoms with Crippen molar-refractivity contribution in [3.63, 3.8) is 0 Å². The van der Waals surface area contributed by atoms with E-state index in [0.29, 0.717) is 0 Å². The Hall–Kier alpha value is -4.94. The van der Waals surface area contributed by atoms with Crippen molar-refractivity contribution in [2.45, 2.75) is 0 Å². The number of thiophene rings is 1. The summed E-state index contributed by atoms with van der Waals surface area (Å²) in [5.41, 5.74) is 7.41. The van der Waals surface area contributed by atoms with Crippen LogP contribution >= 0.6 is 11.3 Å². The van der Waals surface area contributed by atoms with E-state index in [4.69, 9.17) is 9.97 Å². The fraction of sp³-hybridized carbons (Fsp3) is 0. The molecule has 0 fully saturated rings. The monoisotopic (exact) mass is 505 g/mol. The van der Waals surface area contributed by atoms with Gasteiger partial charge in [0.25, 0.3) is 0 Å². The van der Waals surface area contributed by atoms with Crippen LogP contribution in [0.25, 0.3) is 70.6 Å². The number of nitrogens with zero attached hydrogens (tertiary/aromatic N) is 5. The zero-order chi connectivity index (χ0) is 25.1. The number of pyridine rings is 4. The summed E-state index contributed by atoms with van der Waals surface area (Å²) in [4.78, 5) is 19.0. The topological polar surface area (TPSA) is 56.5 Å². The Balaban J connectivity index is 1.54. The zero-order valence-corrected chi connectivity index (χ0v) is 20.9. The first-order chi connectivity index (χ1) is 18.8. The molecule has 0 aliphatic carbocycles. The first kappa shape index (κ1) is 21.2. The molecule has 6 aromatic heterocycles. The van der Waals surface area contributed by atoms with Crippen LogP contribution in [-0.4, -0.2) is 24.5 Å². The Morgan fingerprint density at radius 2 is 1.26 bits per heavy atom. The van der Waals surface area contributed by atoms with Crippen molar-refractivity contribution in [3.05, 3.63) is 116 Å². The summed E-state index contributed by atoms with van der Waals surface area (Å²) in [6.45, 7) is 0. The Labute approximate surface area is 221 Å². The lowest BCUT2D eigenvalue weighted by Gasteiger charge is -2.13. The average molecular weight is 506 g/mol. The van der Waals surface area contributed by atoms with Gasteiger partial charge in [-0.25, -0.2) is 4.98 Å². The van der Waals surface area contributed by atoms with Gasteiger partial charge in [0.15, 0.2) is 0 Å². The second-order valence-corrected chi connectivity index (χ2v) is 10.2. The van der Waals surface area contributed by atoms with Crippen LogP contribution in [0.4, 0.5) is 0 Å². The summed E-state index contributed by atoms with van der Waals surface area (Å²) in [6, 6.07) is 33.3. The highest BCUT2D eigenvalue weighted by atomic mass is 32.1. The van der Waals surface area contributed by atoms with Gasteiger partial charge in [0, 0.05) is 44.1 Å². The number of benzene rings is 2. The molecule has 6 heterocycles. The lowest BCUT2D eigenvalue weighted by atomic mass is 10.1. The normalized spacial score (nSPS) is 11.7. The molecule has 2 aromatic carbocycles. The Morgan fingerprint density at radius 1 is 0.553 bits per heavy atom. The van der Waals surface area contributed by atoms with Crippen molar-refractivity contribution in [3.8, 4) is 28.5 Å². The predicted molar refractivity (Wildman–Crippen MR) is 156 cm³/mol. The summed E-state index contributed by atoms with van der Waals surface area (Å²) in [5.74, 6) is 0. The molecule has 178 valence electrons. The fourth-order valence-electron chi connectivity index (χ4n) is 5.33. The van der Waals surface area contributed by atoms with E-state index in [2.05, 4.69) is 69.1 Å². The highest BCUT2D eigenvalue weighted by Crippen LogP contribution is 2.42. The van der Waals surface area contributed by atoms with E-state index < -0.39 is 0 Å². The second kappa shape index (κ2) is 8.30. The lowest BCUT2D eigenvalue weighted by Crippen LogP contribution is -1.99. The van der Waals surface area contributed by atoms with Crippen LogP contribution in [0.15, 0.2) is 116 Å². The molecule has 8 aromatic rings. The number of hydrogen-bond donors (Lipinski definition) is 0. The van der Waals surface area contributed by atoms with Gasteiger partial charge in [0.1, 0.15) is 0 Å². The highest BCUT2D eigenvalue weighted by Gasteiger charge is 2.20. The molecule has 0 saturated carbocycles. The minimum atomic E-state index is 0.796. The SMILES string of the molecule is c1ccc(-c2cc(-n3c4cccnc4c4ccc5sc6ccccc6c5c43)cc(-c3ccccn3)n2)nc1. The summed E-state index contributed by atoms with van der Waals surface area (Å²) < 4.78 is 4.87. The summed E-state index contributed by atoms with van der Waals surface area (Å²) in [7, 11) is 0.